The normalized spacial score (nSPS) is 17.7. The van der Waals surface area contributed by atoms with Crippen molar-refractivity contribution in [1.82, 2.24) is 4.90 Å². The summed E-state index contributed by atoms with van der Waals surface area (Å²) in [6.07, 6.45) is 4.22. The zero-order valence-electron chi connectivity index (χ0n) is 14.3. The number of carbonyl (C=O) groups excluding carboxylic acids is 1. The van der Waals surface area contributed by atoms with Gasteiger partial charge in [-0.25, -0.2) is 4.99 Å². The minimum Gasteiger partial charge on any atom is -0.494 e. The van der Waals surface area contributed by atoms with E-state index in [-0.39, 0.29) is 5.91 Å². The average molecular weight is 356 g/mol. The van der Waals surface area contributed by atoms with Crippen molar-refractivity contribution in [2.24, 2.45) is 4.99 Å². The third kappa shape index (κ3) is 4.14. The molecule has 0 spiro atoms. The molecule has 0 atom stereocenters. The number of thioether (sulfide) groups is 1. The maximum absolute atomic E-state index is 12.7. The Labute approximate surface area is 151 Å². The van der Waals surface area contributed by atoms with Gasteiger partial charge in [0.2, 0.25) is 0 Å². The fourth-order valence-corrected chi connectivity index (χ4v) is 3.41. The second-order valence-electron chi connectivity index (χ2n) is 5.40. The number of nitrogens with zero attached hydrogens (tertiary/aromatic N) is 2. The molecule has 0 aliphatic carbocycles. The third-order valence-electron chi connectivity index (χ3n) is 3.52. The number of benzene rings is 1. The average Bonchev–Trinajstić information content (AvgIpc) is 3.22. The lowest BCUT2D eigenvalue weighted by Gasteiger charge is -2.14. The van der Waals surface area contributed by atoms with Crippen LogP contribution in [0.1, 0.15) is 26.0 Å². The van der Waals surface area contributed by atoms with Crippen LogP contribution in [0.15, 0.2) is 57.0 Å². The number of amidine groups is 1. The first-order chi connectivity index (χ1) is 12.2. The molecule has 1 aliphatic heterocycles. The number of aliphatic imine (C=N–C) groups is 1. The number of amides is 1. The van der Waals surface area contributed by atoms with Gasteiger partial charge in [-0.1, -0.05) is 6.92 Å². The monoisotopic (exact) mass is 356 g/mol. The van der Waals surface area contributed by atoms with E-state index >= 15 is 0 Å². The van der Waals surface area contributed by atoms with Gasteiger partial charge in [0.05, 0.1) is 23.5 Å². The molecule has 1 aromatic carbocycles. The Kier molecular flexibility index (Phi) is 5.60. The second kappa shape index (κ2) is 8.07. The van der Waals surface area contributed by atoms with Crippen molar-refractivity contribution in [2.75, 3.05) is 13.2 Å². The predicted molar refractivity (Wildman–Crippen MR) is 101 cm³/mol. The molecule has 1 aromatic heterocycles. The highest BCUT2D eigenvalue weighted by atomic mass is 32.2. The Morgan fingerprint density at radius 2 is 2.04 bits per heavy atom. The highest BCUT2D eigenvalue weighted by molar-refractivity contribution is 8.18. The predicted octanol–water partition coefficient (Wildman–Crippen LogP) is 4.69. The van der Waals surface area contributed by atoms with Gasteiger partial charge in [0, 0.05) is 12.6 Å². The lowest BCUT2D eigenvalue weighted by Crippen LogP contribution is -2.29. The van der Waals surface area contributed by atoms with Gasteiger partial charge in [0.25, 0.3) is 5.91 Å². The van der Waals surface area contributed by atoms with Gasteiger partial charge in [-0.15, -0.1) is 0 Å². The van der Waals surface area contributed by atoms with Crippen LogP contribution in [0, 0.1) is 0 Å². The fraction of sp³-hybridized carbons (Fsp3) is 0.263. The van der Waals surface area contributed by atoms with E-state index in [0.29, 0.717) is 29.0 Å². The summed E-state index contributed by atoms with van der Waals surface area (Å²) in [6, 6.07) is 11.2. The van der Waals surface area contributed by atoms with E-state index in [9.17, 15) is 4.79 Å². The van der Waals surface area contributed by atoms with Crippen LogP contribution >= 0.6 is 11.8 Å². The van der Waals surface area contributed by atoms with Gasteiger partial charge in [-0.3, -0.25) is 9.69 Å². The van der Waals surface area contributed by atoms with Gasteiger partial charge >= 0.3 is 0 Å². The quantitative estimate of drug-likeness (QED) is 0.705. The van der Waals surface area contributed by atoms with Crippen molar-refractivity contribution < 1.29 is 13.9 Å². The Morgan fingerprint density at radius 3 is 2.68 bits per heavy atom. The zero-order valence-corrected chi connectivity index (χ0v) is 15.1. The van der Waals surface area contributed by atoms with Crippen LogP contribution in [0.5, 0.6) is 5.75 Å². The number of carbonyl (C=O) groups is 1. The number of furan rings is 1. The number of ether oxygens (including phenoxy) is 1. The minimum atomic E-state index is -0.0343. The van der Waals surface area contributed by atoms with E-state index in [1.54, 1.807) is 23.3 Å². The zero-order chi connectivity index (χ0) is 17.6. The molecule has 1 aliphatic rings. The first kappa shape index (κ1) is 17.4. The molecule has 2 heterocycles. The molecule has 130 valence electrons. The minimum absolute atomic E-state index is 0.0343. The maximum atomic E-state index is 12.7. The van der Waals surface area contributed by atoms with E-state index < -0.39 is 0 Å². The fourth-order valence-electron chi connectivity index (χ4n) is 2.41. The van der Waals surface area contributed by atoms with E-state index in [0.717, 1.165) is 17.9 Å². The summed E-state index contributed by atoms with van der Waals surface area (Å²) in [6.45, 7) is 5.26. The standard InChI is InChI=1S/C19H20N2O3S/c1-3-11-21-18(22)17(13-16-6-5-12-24-16)25-19(21)20-14-7-9-15(10-8-14)23-4-2/h5-10,12-13H,3-4,11H2,1-2H3/b17-13+,20-19?. The summed E-state index contributed by atoms with van der Waals surface area (Å²) in [5, 5.41) is 0.689. The molecule has 2 aromatic rings. The molecule has 1 amide bonds. The summed E-state index contributed by atoms with van der Waals surface area (Å²) < 4.78 is 10.8. The molecule has 3 rings (SSSR count). The molecule has 1 saturated heterocycles. The second-order valence-corrected chi connectivity index (χ2v) is 6.41. The molecule has 0 N–H and O–H groups in total. The molecule has 0 bridgehead atoms. The lowest BCUT2D eigenvalue weighted by molar-refractivity contribution is -0.122. The lowest BCUT2D eigenvalue weighted by atomic mass is 10.3. The molecule has 5 nitrogen and oxygen atoms in total. The summed E-state index contributed by atoms with van der Waals surface area (Å²) in [7, 11) is 0. The topological polar surface area (TPSA) is 55.0 Å². The van der Waals surface area contributed by atoms with Crippen LogP contribution < -0.4 is 4.74 Å². The first-order valence-corrected chi connectivity index (χ1v) is 9.09. The molecule has 6 heteroatoms. The summed E-state index contributed by atoms with van der Waals surface area (Å²) in [4.78, 5) is 19.6. The van der Waals surface area contributed by atoms with Crippen molar-refractivity contribution in [3.63, 3.8) is 0 Å². The van der Waals surface area contributed by atoms with Crippen LogP contribution in [0.25, 0.3) is 6.08 Å². The SMILES string of the molecule is CCCN1C(=O)/C(=C\c2ccco2)SC1=Nc1ccc(OCC)cc1. The maximum Gasteiger partial charge on any atom is 0.266 e. The van der Waals surface area contributed by atoms with Crippen molar-refractivity contribution in [3.05, 3.63) is 53.3 Å². The van der Waals surface area contributed by atoms with Crippen molar-refractivity contribution in [2.45, 2.75) is 20.3 Å². The van der Waals surface area contributed by atoms with Gasteiger partial charge in [-0.05, 0) is 61.5 Å². The molecule has 25 heavy (non-hydrogen) atoms. The van der Waals surface area contributed by atoms with Crippen molar-refractivity contribution in [1.29, 1.82) is 0 Å². The van der Waals surface area contributed by atoms with E-state index in [1.807, 2.05) is 44.2 Å². The Bertz CT molecular complexity index is 780. The molecule has 0 radical (unpaired) electrons. The van der Waals surface area contributed by atoms with Crippen LogP contribution in [-0.4, -0.2) is 29.1 Å². The molecule has 0 unspecified atom stereocenters. The van der Waals surface area contributed by atoms with Gasteiger partial charge in [0.1, 0.15) is 11.5 Å². The van der Waals surface area contributed by atoms with Gasteiger partial charge in [-0.2, -0.15) is 0 Å². The highest BCUT2D eigenvalue weighted by Crippen LogP contribution is 2.34. The van der Waals surface area contributed by atoms with E-state index in [2.05, 4.69) is 4.99 Å². The molecule has 1 fully saturated rings. The molecule has 0 saturated carbocycles. The summed E-state index contributed by atoms with van der Waals surface area (Å²) in [5.41, 5.74) is 0.791. The van der Waals surface area contributed by atoms with Gasteiger partial charge in [0.15, 0.2) is 5.17 Å². The summed E-state index contributed by atoms with van der Waals surface area (Å²) in [5.74, 6) is 1.44. The number of hydrogen-bond acceptors (Lipinski definition) is 5. The smallest absolute Gasteiger partial charge is 0.266 e. The number of rotatable bonds is 6. The van der Waals surface area contributed by atoms with Crippen LogP contribution in [-0.2, 0) is 4.79 Å². The van der Waals surface area contributed by atoms with Crippen LogP contribution in [0.3, 0.4) is 0 Å². The Balaban J connectivity index is 1.86. The van der Waals surface area contributed by atoms with E-state index in [4.69, 9.17) is 9.15 Å². The highest BCUT2D eigenvalue weighted by Gasteiger charge is 2.32. The Morgan fingerprint density at radius 1 is 1.24 bits per heavy atom. The summed E-state index contributed by atoms with van der Waals surface area (Å²) >= 11 is 1.37. The van der Waals surface area contributed by atoms with Crippen LogP contribution in [0.2, 0.25) is 0 Å². The largest absolute Gasteiger partial charge is 0.494 e. The Hall–Kier alpha value is -2.47. The first-order valence-electron chi connectivity index (χ1n) is 8.27. The van der Waals surface area contributed by atoms with Crippen molar-refractivity contribution >= 4 is 34.6 Å². The van der Waals surface area contributed by atoms with E-state index in [1.165, 1.54) is 11.8 Å². The molecular formula is C19H20N2O3S. The van der Waals surface area contributed by atoms with Crippen LogP contribution in [0.4, 0.5) is 5.69 Å². The van der Waals surface area contributed by atoms with Crippen molar-refractivity contribution in [3.8, 4) is 5.75 Å². The molecular weight excluding hydrogens is 336 g/mol. The third-order valence-corrected chi connectivity index (χ3v) is 4.53. The number of hydrogen-bond donors (Lipinski definition) is 0. The van der Waals surface area contributed by atoms with Gasteiger partial charge < -0.3 is 9.15 Å².